The average Bonchev–Trinajstić information content (AvgIpc) is 2.48. The highest BCUT2D eigenvalue weighted by Gasteiger charge is 2.06. The molecule has 1 amide bonds. The van der Waals surface area contributed by atoms with Crippen LogP contribution in [0, 0.1) is 0 Å². The van der Waals surface area contributed by atoms with Crippen molar-refractivity contribution in [1.29, 1.82) is 0 Å². The van der Waals surface area contributed by atoms with E-state index in [0.717, 1.165) is 0 Å². The molecule has 0 saturated heterocycles. The molecule has 0 saturated carbocycles. The number of carbonyl (C=O) groups excluding carboxylic acids is 1. The number of hydrogen-bond acceptors (Lipinski definition) is 3. The maximum Gasteiger partial charge on any atom is 0.262 e. The Labute approximate surface area is 122 Å². The van der Waals surface area contributed by atoms with Crippen LogP contribution in [-0.4, -0.2) is 19.6 Å². The SMILES string of the molecule is COc1cc(NC(=O)COc2ccccc2)ccc1Cl. The van der Waals surface area contributed by atoms with Gasteiger partial charge in [-0.2, -0.15) is 0 Å². The molecule has 0 unspecified atom stereocenters. The van der Waals surface area contributed by atoms with Crippen LogP contribution in [0.2, 0.25) is 5.02 Å². The van der Waals surface area contributed by atoms with Gasteiger partial charge in [-0.3, -0.25) is 4.79 Å². The minimum absolute atomic E-state index is 0.0606. The molecule has 2 rings (SSSR count). The molecule has 2 aromatic rings. The summed E-state index contributed by atoms with van der Waals surface area (Å²) in [7, 11) is 1.52. The van der Waals surface area contributed by atoms with E-state index in [9.17, 15) is 4.79 Å². The number of benzene rings is 2. The monoisotopic (exact) mass is 291 g/mol. The summed E-state index contributed by atoms with van der Waals surface area (Å²) < 4.78 is 10.4. The third-order valence-electron chi connectivity index (χ3n) is 2.55. The fourth-order valence-corrected chi connectivity index (χ4v) is 1.79. The second kappa shape index (κ2) is 6.82. The van der Waals surface area contributed by atoms with Crippen molar-refractivity contribution >= 4 is 23.2 Å². The molecule has 0 fully saturated rings. The largest absolute Gasteiger partial charge is 0.495 e. The van der Waals surface area contributed by atoms with Gasteiger partial charge < -0.3 is 14.8 Å². The summed E-state index contributed by atoms with van der Waals surface area (Å²) in [6, 6.07) is 14.2. The molecule has 1 N–H and O–H groups in total. The van der Waals surface area contributed by atoms with Gasteiger partial charge in [0.25, 0.3) is 5.91 Å². The first-order chi connectivity index (χ1) is 9.69. The van der Waals surface area contributed by atoms with Gasteiger partial charge in [0.05, 0.1) is 12.1 Å². The molecule has 0 atom stereocenters. The van der Waals surface area contributed by atoms with Gasteiger partial charge in [-0.15, -0.1) is 0 Å². The molecule has 0 aliphatic rings. The number of halogens is 1. The fraction of sp³-hybridized carbons (Fsp3) is 0.133. The first-order valence-electron chi connectivity index (χ1n) is 6.00. The van der Waals surface area contributed by atoms with Gasteiger partial charge >= 0.3 is 0 Å². The Hall–Kier alpha value is -2.20. The van der Waals surface area contributed by atoms with Gasteiger partial charge in [0, 0.05) is 11.8 Å². The predicted octanol–water partition coefficient (Wildman–Crippen LogP) is 3.37. The van der Waals surface area contributed by atoms with E-state index in [1.165, 1.54) is 7.11 Å². The first-order valence-corrected chi connectivity index (χ1v) is 6.38. The topological polar surface area (TPSA) is 47.6 Å². The van der Waals surface area contributed by atoms with E-state index in [1.807, 2.05) is 18.2 Å². The molecular formula is C15H14ClNO3. The normalized spacial score (nSPS) is 9.90. The third-order valence-corrected chi connectivity index (χ3v) is 2.86. The number of para-hydroxylation sites is 1. The molecule has 4 nitrogen and oxygen atoms in total. The maximum atomic E-state index is 11.8. The highest BCUT2D eigenvalue weighted by atomic mass is 35.5. The smallest absolute Gasteiger partial charge is 0.262 e. The van der Waals surface area contributed by atoms with E-state index in [-0.39, 0.29) is 12.5 Å². The molecule has 0 aliphatic carbocycles. The summed E-state index contributed by atoms with van der Waals surface area (Å²) >= 11 is 5.91. The highest BCUT2D eigenvalue weighted by Crippen LogP contribution is 2.27. The zero-order valence-electron chi connectivity index (χ0n) is 10.9. The lowest BCUT2D eigenvalue weighted by Crippen LogP contribution is -2.20. The van der Waals surface area contributed by atoms with Gasteiger partial charge in [-0.05, 0) is 24.3 Å². The van der Waals surface area contributed by atoms with Gasteiger partial charge in [0.2, 0.25) is 0 Å². The Morgan fingerprint density at radius 1 is 1.20 bits per heavy atom. The van der Waals surface area contributed by atoms with Crippen molar-refractivity contribution in [2.45, 2.75) is 0 Å². The fourth-order valence-electron chi connectivity index (χ4n) is 1.60. The molecule has 0 heterocycles. The molecule has 0 spiro atoms. The number of rotatable bonds is 5. The second-order valence-electron chi connectivity index (χ2n) is 4.00. The number of methoxy groups -OCH3 is 1. The van der Waals surface area contributed by atoms with Gasteiger partial charge in [-0.1, -0.05) is 29.8 Å². The molecule has 104 valence electrons. The number of amides is 1. The van der Waals surface area contributed by atoms with Crippen molar-refractivity contribution < 1.29 is 14.3 Å². The predicted molar refractivity (Wildman–Crippen MR) is 78.6 cm³/mol. The lowest BCUT2D eigenvalue weighted by Gasteiger charge is -2.09. The Morgan fingerprint density at radius 3 is 2.65 bits per heavy atom. The molecule has 20 heavy (non-hydrogen) atoms. The van der Waals surface area contributed by atoms with Crippen molar-refractivity contribution in [3.63, 3.8) is 0 Å². The van der Waals surface area contributed by atoms with Crippen LogP contribution in [0.4, 0.5) is 5.69 Å². The summed E-state index contributed by atoms with van der Waals surface area (Å²) in [5.74, 6) is 0.906. The molecule has 0 bridgehead atoms. The van der Waals surface area contributed by atoms with Crippen LogP contribution < -0.4 is 14.8 Å². The summed E-state index contributed by atoms with van der Waals surface area (Å²) in [4.78, 5) is 11.8. The van der Waals surface area contributed by atoms with E-state index in [1.54, 1.807) is 30.3 Å². The van der Waals surface area contributed by atoms with Crippen molar-refractivity contribution in [1.82, 2.24) is 0 Å². The zero-order valence-corrected chi connectivity index (χ0v) is 11.7. The number of carbonyl (C=O) groups is 1. The van der Waals surface area contributed by atoms with E-state index >= 15 is 0 Å². The summed E-state index contributed by atoms with van der Waals surface area (Å²) in [5.41, 5.74) is 0.605. The maximum absolute atomic E-state index is 11.8. The van der Waals surface area contributed by atoms with Crippen molar-refractivity contribution in [3.05, 3.63) is 53.6 Å². The Balaban J connectivity index is 1.91. The zero-order chi connectivity index (χ0) is 14.4. The number of hydrogen-bond donors (Lipinski definition) is 1. The van der Waals surface area contributed by atoms with E-state index in [2.05, 4.69) is 5.32 Å². The van der Waals surface area contributed by atoms with Crippen LogP contribution >= 0.6 is 11.6 Å². The standard InChI is InChI=1S/C15H14ClNO3/c1-19-14-9-11(7-8-13(14)16)17-15(18)10-20-12-5-3-2-4-6-12/h2-9H,10H2,1H3,(H,17,18). The minimum atomic E-state index is -0.252. The third kappa shape index (κ3) is 3.90. The number of anilines is 1. The van der Waals surface area contributed by atoms with Crippen LogP contribution in [0.3, 0.4) is 0 Å². The second-order valence-corrected chi connectivity index (χ2v) is 4.41. The van der Waals surface area contributed by atoms with Gasteiger partial charge in [-0.25, -0.2) is 0 Å². The quantitative estimate of drug-likeness (QED) is 0.919. The molecule has 0 aliphatic heterocycles. The average molecular weight is 292 g/mol. The van der Waals surface area contributed by atoms with Crippen LogP contribution in [-0.2, 0) is 4.79 Å². The lowest BCUT2D eigenvalue weighted by atomic mass is 10.3. The summed E-state index contributed by atoms with van der Waals surface area (Å²) in [6.45, 7) is -0.0606. The molecule has 0 radical (unpaired) electrons. The van der Waals surface area contributed by atoms with E-state index in [0.29, 0.717) is 22.2 Å². The minimum Gasteiger partial charge on any atom is -0.495 e. The molecular weight excluding hydrogens is 278 g/mol. The first kappa shape index (κ1) is 14.2. The van der Waals surface area contributed by atoms with Crippen molar-refractivity contribution in [2.75, 3.05) is 19.0 Å². The van der Waals surface area contributed by atoms with Crippen LogP contribution in [0.25, 0.3) is 0 Å². The van der Waals surface area contributed by atoms with E-state index < -0.39 is 0 Å². The molecule has 5 heteroatoms. The Kier molecular flexibility index (Phi) is 4.85. The lowest BCUT2D eigenvalue weighted by molar-refractivity contribution is -0.118. The van der Waals surface area contributed by atoms with Gasteiger partial charge in [0.1, 0.15) is 11.5 Å². The number of ether oxygens (including phenoxy) is 2. The number of nitrogens with one attached hydrogen (secondary N) is 1. The molecule has 2 aromatic carbocycles. The van der Waals surface area contributed by atoms with Gasteiger partial charge in [0.15, 0.2) is 6.61 Å². The van der Waals surface area contributed by atoms with E-state index in [4.69, 9.17) is 21.1 Å². The van der Waals surface area contributed by atoms with Crippen LogP contribution in [0.5, 0.6) is 11.5 Å². The highest BCUT2D eigenvalue weighted by molar-refractivity contribution is 6.32. The Bertz CT molecular complexity index is 587. The summed E-state index contributed by atoms with van der Waals surface area (Å²) in [5, 5.41) is 3.20. The van der Waals surface area contributed by atoms with Crippen molar-refractivity contribution in [2.24, 2.45) is 0 Å². The van der Waals surface area contributed by atoms with Crippen LogP contribution in [0.1, 0.15) is 0 Å². The van der Waals surface area contributed by atoms with Crippen LogP contribution in [0.15, 0.2) is 48.5 Å². The Morgan fingerprint density at radius 2 is 1.95 bits per heavy atom. The summed E-state index contributed by atoms with van der Waals surface area (Å²) in [6.07, 6.45) is 0. The molecule has 0 aromatic heterocycles. The van der Waals surface area contributed by atoms with Crippen molar-refractivity contribution in [3.8, 4) is 11.5 Å².